The average Bonchev–Trinajstić information content (AvgIpc) is 2.43. The second-order valence-electron chi connectivity index (χ2n) is 3.22. The Morgan fingerprint density at radius 1 is 1.60 bits per heavy atom. The molecule has 2 aromatic heterocycles. The lowest BCUT2D eigenvalue weighted by molar-refractivity contribution is 0.0696. The zero-order valence-electron chi connectivity index (χ0n) is 8.15. The van der Waals surface area contributed by atoms with Crippen LogP contribution in [0.3, 0.4) is 0 Å². The van der Waals surface area contributed by atoms with Crippen molar-refractivity contribution in [3.63, 3.8) is 0 Å². The highest BCUT2D eigenvalue weighted by molar-refractivity contribution is 9.10. The predicted molar refractivity (Wildman–Crippen MR) is 57.9 cm³/mol. The Labute approximate surface area is 93.9 Å². The highest BCUT2D eigenvalue weighted by atomic mass is 79.9. The molecule has 2 rings (SSSR count). The Hall–Kier alpha value is -1.43. The van der Waals surface area contributed by atoms with Crippen molar-refractivity contribution in [3.05, 3.63) is 21.9 Å². The number of aromatic nitrogens is 3. The van der Waals surface area contributed by atoms with Crippen LogP contribution in [0.1, 0.15) is 15.9 Å². The maximum atomic E-state index is 10.9. The van der Waals surface area contributed by atoms with Gasteiger partial charge in [-0.25, -0.2) is 14.5 Å². The van der Waals surface area contributed by atoms with E-state index in [4.69, 9.17) is 5.11 Å². The molecule has 2 aromatic rings. The molecular formula is C9H8BrN3O2. The quantitative estimate of drug-likeness (QED) is 0.856. The van der Waals surface area contributed by atoms with Gasteiger partial charge < -0.3 is 5.11 Å². The number of rotatable bonds is 1. The van der Waals surface area contributed by atoms with Gasteiger partial charge in [0.05, 0.1) is 10.9 Å². The smallest absolute Gasteiger partial charge is 0.337 e. The van der Waals surface area contributed by atoms with Crippen LogP contribution in [0.2, 0.25) is 0 Å². The fraction of sp³-hybridized carbons (Fsp3) is 0.222. The molecular weight excluding hydrogens is 262 g/mol. The summed E-state index contributed by atoms with van der Waals surface area (Å²) >= 11 is 3.29. The van der Waals surface area contributed by atoms with Gasteiger partial charge in [-0.2, -0.15) is 5.10 Å². The molecule has 0 aliphatic carbocycles. The summed E-state index contributed by atoms with van der Waals surface area (Å²) in [5.74, 6) is -0.974. The van der Waals surface area contributed by atoms with E-state index in [9.17, 15) is 4.79 Å². The van der Waals surface area contributed by atoms with Crippen LogP contribution < -0.4 is 0 Å². The molecule has 0 aromatic carbocycles. The van der Waals surface area contributed by atoms with E-state index in [-0.39, 0.29) is 5.56 Å². The first-order valence-electron chi connectivity index (χ1n) is 4.23. The number of carboxylic acid groups (broad SMARTS) is 1. The molecule has 0 aliphatic heterocycles. The molecule has 0 saturated heterocycles. The average molecular weight is 270 g/mol. The van der Waals surface area contributed by atoms with Gasteiger partial charge in [0.15, 0.2) is 5.65 Å². The largest absolute Gasteiger partial charge is 0.478 e. The third kappa shape index (κ3) is 1.41. The number of aromatic carboxylic acids is 1. The highest BCUT2D eigenvalue weighted by Gasteiger charge is 2.16. The van der Waals surface area contributed by atoms with Crippen LogP contribution in [0.5, 0.6) is 0 Å². The Morgan fingerprint density at radius 2 is 2.27 bits per heavy atom. The molecule has 15 heavy (non-hydrogen) atoms. The molecule has 0 bridgehead atoms. The third-order valence-electron chi connectivity index (χ3n) is 2.30. The zero-order chi connectivity index (χ0) is 11.2. The summed E-state index contributed by atoms with van der Waals surface area (Å²) in [6.07, 6.45) is 1.36. The molecule has 0 amide bonds. The standard InChI is InChI=1S/C9H8BrN3O2/c1-4-5(9(14)15)3-11-8-6(4)7(10)12-13(8)2/h3H,1-2H3,(H,14,15). The number of carboxylic acids is 1. The molecule has 0 radical (unpaired) electrons. The summed E-state index contributed by atoms with van der Waals surface area (Å²) in [7, 11) is 1.76. The summed E-state index contributed by atoms with van der Waals surface area (Å²) < 4.78 is 2.23. The van der Waals surface area contributed by atoms with Crippen molar-refractivity contribution in [2.45, 2.75) is 6.92 Å². The van der Waals surface area contributed by atoms with Gasteiger partial charge in [0.1, 0.15) is 4.60 Å². The van der Waals surface area contributed by atoms with Crippen LogP contribution in [0.25, 0.3) is 11.0 Å². The Bertz CT molecular complexity index is 562. The van der Waals surface area contributed by atoms with E-state index >= 15 is 0 Å². The predicted octanol–water partition coefficient (Wildman–Crippen LogP) is 1.74. The molecule has 78 valence electrons. The lowest BCUT2D eigenvalue weighted by Gasteiger charge is -2.01. The highest BCUT2D eigenvalue weighted by Crippen LogP contribution is 2.26. The van der Waals surface area contributed by atoms with Crippen LogP contribution >= 0.6 is 15.9 Å². The first-order valence-corrected chi connectivity index (χ1v) is 5.02. The van der Waals surface area contributed by atoms with E-state index in [1.165, 1.54) is 6.20 Å². The lowest BCUT2D eigenvalue weighted by Crippen LogP contribution is -2.02. The van der Waals surface area contributed by atoms with Crippen LogP contribution in [-0.2, 0) is 7.05 Å². The number of halogens is 1. The topological polar surface area (TPSA) is 68.0 Å². The van der Waals surface area contributed by atoms with Crippen LogP contribution in [0.15, 0.2) is 10.8 Å². The minimum absolute atomic E-state index is 0.205. The fourth-order valence-electron chi connectivity index (χ4n) is 1.53. The van der Waals surface area contributed by atoms with Gasteiger partial charge in [-0.15, -0.1) is 0 Å². The van der Waals surface area contributed by atoms with Crippen LogP contribution in [-0.4, -0.2) is 25.8 Å². The molecule has 0 fully saturated rings. The van der Waals surface area contributed by atoms with Crippen LogP contribution in [0.4, 0.5) is 0 Å². The minimum Gasteiger partial charge on any atom is -0.478 e. The zero-order valence-corrected chi connectivity index (χ0v) is 9.74. The molecule has 6 heteroatoms. The van der Waals surface area contributed by atoms with Crippen molar-refractivity contribution < 1.29 is 9.90 Å². The minimum atomic E-state index is -0.974. The van der Waals surface area contributed by atoms with Crippen molar-refractivity contribution in [1.29, 1.82) is 0 Å². The molecule has 1 N–H and O–H groups in total. The molecule has 0 spiro atoms. The molecule has 0 saturated carbocycles. The van der Waals surface area contributed by atoms with Crippen molar-refractivity contribution in [2.75, 3.05) is 0 Å². The number of carbonyl (C=O) groups is 1. The van der Waals surface area contributed by atoms with Gasteiger partial charge in [0, 0.05) is 13.2 Å². The summed E-state index contributed by atoms with van der Waals surface area (Å²) in [6, 6.07) is 0. The van der Waals surface area contributed by atoms with E-state index in [2.05, 4.69) is 26.0 Å². The summed E-state index contributed by atoms with van der Waals surface area (Å²) in [5, 5.41) is 13.8. The van der Waals surface area contributed by atoms with E-state index in [1.807, 2.05) is 0 Å². The molecule has 0 atom stereocenters. The molecule has 0 aliphatic rings. The summed E-state index contributed by atoms with van der Waals surface area (Å²) in [5.41, 5.74) is 1.55. The Morgan fingerprint density at radius 3 is 2.87 bits per heavy atom. The number of pyridine rings is 1. The lowest BCUT2D eigenvalue weighted by atomic mass is 10.1. The van der Waals surface area contributed by atoms with E-state index in [0.717, 1.165) is 5.39 Å². The van der Waals surface area contributed by atoms with Gasteiger partial charge in [0.25, 0.3) is 0 Å². The monoisotopic (exact) mass is 269 g/mol. The van der Waals surface area contributed by atoms with Gasteiger partial charge in [-0.05, 0) is 28.4 Å². The maximum absolute atomic E-state index is 10.9. The fourth-order valence-corrected chi connectivity index (χ4v) is 2.24. The Kier molecular flexibility index (Phi) is 2.22. The number of aryl methyl sites for hydroxylation is 2. The summed E-state index contributed by atoms with van der Waals surface area (Å²) in [6.45, 7) is 1.75. The van der Waals surface area contributed by atoms with E-state index < -0.39 is 5.97 Å². The first-order chi connectivity index (χ1) is 7.02. The third-order valence-corrected chi connectivity index (χ3v) is 2.85. The van der Waals surface area contributed by atoms with Crippen molar-refractivity contribution in [2.24, 2.45) is 7.05 Å². The molecule has 0 unspecified atom stereocenters. The molecule has 2 heterocycles. The SMILES string of the molecule is Cc1c(C(=O)O)cnc2c1c(Br)nn2C. The van der Waals surface area contributed by atoms with Gasteiger partial charge >= 0.3 is 5.97 Å². The number of fused-ring (bicyclic) bond motifs is 1. The molecule has 5 nitrogen and oxygen atoms in total. The number of nitrogens with zero attached hydrogens (tertiary/aromatic N) is 3. The first kappa shape index (κ1) is 10.1. The van der Waals surface area contributed by atoms with Crippen LogP contribution in [0, 0.1) is 6.92 Å². The normalized spacial score (nSPS) is 10.9. The second-order valence-corrected chi connectivity index (χ2v) is 3.97. The van der Waals surface area contributed by atoms with Gasteiger partial charge in [-0.1, -0.05) is 0 Å². The number of hydrogen-bond donors (Lipinski definition) is 1. The number of hydrogen-bond acceptors (Lipinski definition) is 3. The van der Waals surface area contributed by atoms with Crippen molar-refractivity contribution in [3.8, 4) is 0 Å². The maximum Gasteiger partial charge on any atom is 0.337 e. The van der Waals surface area contributed by atoms with Gasteiger partial charge in [0.2, 0.25) is 0 Å². The van der Waals surface area contributed by atoms with E-state index in [0.29, 0.717) is 15.8 Å². The van der Waals surface area contributed by atoms with Crippen molar-refractivity contribution >= 4 is 32.9 Å². The van der Waals surface area contributed by atoms with E-state index in [1.54, 1.807) is 18.7 Å². The van der Waals surface area contributed by atoms with Gasteiger partial charge in [-0.3, -0.25) is 0 Å². The Balaban J connectivity index is 2.89. The second kappa shape index (κ2) is 3.30. The van der Waals surface area contributed by atoms with Crippen molar-refractivity contribution in [1.82, 2.24) is 14.8 Å². The summed E-state index contributed by atoms with van der Waals surface area (Å²) in [4.78, 5) is 15.0.